The topological polar surface area (TPSA) is 20.2 Å². The Kier molecular flexibility index (Phi) is 3.46. The molecule has 2 aromatic carbocycles. The summed E-state index contributed by atoms with van der Waals surface area (Å²) in [4.78, 5) is 0. The summed E-state index contributed by atoms with van der Waals surface area (Å²) in [6.07, 6.45) is -0.784. The third kappa shape index (κ3) is 2.65. The van der Waals surface area contributed by atoms with E-state index < -0.39 is 11.9 Å². The maximum Gasteiger partial charge on any atom is 0.141 e. The van der Waals surface area contributed by atoms with Crippen molar-refractivity contribution in [3.63, 3.8) is 0 Å². The lowest BCUT2D eigenvalue weighted by molar-refractivity contribution is 0.220. The summed E-state index contributed by atoms with van der Waals surface area (Å²) < 4.78 is 13.0. The Bertz CT molecular complexity index is 539. The van der Waals surface area contributed by atoms with Crippen LogP contribution >= 0.6 is 11.6 Å². The van der Waals surface area contributed by atoms with Crippen LogP contribution in [0.4, 0.5) is 4.39 Å². The molecule has 0 fully saturated rings. The normalized spacial score (nSPS) is 12.5. The van der Waals surface area contributed by atoms with Gasteiger partial charge in [0.15, 0.2) is 0 Å². The average molecular weight is 251 g/mol. The van der Waals surface area contributed by atoms with E-state index in [0.717, 1.165) is 11.1 Å². The summed E-state index contributed by atoms with van der Waals surface area (Å²) in [7, 11) is 0. The largest absolute Gasteiger partial charge is 0.384 e. The molecule has 0 aromatic heterocycles. The third-order valence-corrected chi connectivity index (χ3v) is 2.91. The molecule has 1 nitrogen and oxygen atoms in total. The molecule has 1 N–H and O–H groups in total. The molecule has 0 aliphatic rings. The Morgan fingerprint density at radius 1 is 1.12 bits per heavy atom. The van der Waals surface area contributed by atoms with E-state index in [1.165, 1.54) is 18.2 Å². The van der Waals surface area contributed by atoms with Gasteiger partial charge in [0, 0.05) is 0 Å². The monoisotopic (exact) mass is 250 g/mol. The summed E-state index contributed by atoms with van der Waals surface area (Å²) in [6.45, 7) is 1.95. The van der Waals surface area contributed by atoms with Crippen LogP contribution in [-0.2, 0) is 0 Å². The molecule has 3 heteroatoms. The molecular formula is C14H12ClFO. The second-order valence-electron chi connectivity index (χ2n) is 3.99. The van der Waals surface area contributed by atoms with E-state index in [-0.39, 0.29) is 5.02 Å². The molecular weight excluding hydrogens is 239 g/mol. The van der Waals surface area contributed by atoms with E-state index in [2.05, 4.69) is 0 Å². The Hall–Kier alpha value is -1.38. The molecule has 0 aliphatic carbocycles. The predicted molar refractivity (Wildman–Crippen MR) is 66.7 cm³/mol. The van der Waals surface area contributed by atoms with E-state index >= 15 is 0 Å². The van der Waals surface area contributed by atoms with Crippen molar-refractivity contribution >= 4 is 11.6 Å². The second-order valence-corrected chi connectivity index (χ2v) is 4.40. The Balaban J connectivity index is 2.36. The Morgan fingerprint density at radius 2 is 1.82 bits per heavy atom. The lowest BCUT2D eigenvalue weighted by atomic mass is 10.00. The molecule has 0 radical (unpaired) electrons. The van der Waals surface area contributed by atoms with Crippen molar-refractivity contribution in [1.29, 1.82) is 0 Å². The van der Waals surface area contributed by atoms with Crippen LogP contribution in [0.25, 0.3) is 0 Å². The number of aliphatic hydroxyl groups excluding tert-OH is 1. The van der Waals surface area contributed by atoms with Gasteiger partial charge >= 0.3 is 0 Å². The van der Waals surface area contributed by atoms with Gasteiger partial charge < -0.3 is 5.11 Å². The van der Waals surface area contributed by atoms with Crippen LogP contribution in [0.5, 0.6) is 0 Å². The predicted octanol–water partition coefficient (Wildman–Crippen LogP) is 3.87. The number of aliphatic hydroxyl groups is 1. The van der Waals surface area contributed by atoms with Gasteiger partial charge in [-0.25, -0.2) is 4.39 Å². The zero-order valence-corrected chi connectivity index (χ0v) is 10.1. The van der Waals surface area contributed by atoms with Crippen LogP contribution in [-0.4, -0.2) is 5.11 Å². The number of halogens is 2. The smallest absolute Gasteiger partial charge is 0.141 e. The van der Waals surface area contributed by atoms with Crippen molar-refractivity contribution in [3.8, 4) is 0 Å². The quantitative estimate of drug-likeness (QED) is 0.858. The van der Waals surface area contributed by atoms with E-state index in [9.17, 15) is 9.50 Å². The fourth-order valence-corrected chi connectivity index (χ4v) is 1.90. The number of benzene rings is 2. The molecule has 0 saturated carbocycles. The van der Waals surface area contributed by atoms with Gasteiger partial charge in [-0.2, -0.15) is 0 Å². The maximum atomic E-state index is 13.0. The molecule has 1 atom stereocenters. The van der Waals surface area contributed by atoms with E-state index in [4.69, 9.17) is 11.6 Å². The van der Waals surface area contributed by atoms with Gasteiger partial charge in [0.25, 0.3) is 0 Å². The van der Waals surface area contributed by atoms with E-state index in [1.54, 1.807) is 0 Å². The number of aryl methyl sites for hydroxylation is 1. The molecule has 2 aromatic rings. The first-order valence-electron chi connectivity index (χ1n) is 5.27. The second kappa shape index (κ2) is 4.86. The minimum atomic E-state index is -0.784. The Labute approximate surface area is 104 Å². The highest BCUT2D eigenvalue weighted by atomic mass is 35.5. The molecule has 0 amide bonds. The van der Waals surface area contributed by atoms with Crippen LogP contribution in [0.2, 0.25) is 5.02 Å². The van der Waals surface area contributed by atoms with E-state index in [0.29, 0.717) is 5.56 Å². The van der Waals surface area contributed by atoms with Crippen LogP contribution < -0.4 is 0 Å². The first-order chi connectivity index (χ1) is 8.08. The first-order valence-corrected chi connectivity index (χ1v) is 5.65. The zero-order chi connectivity index (χ0) is 12.4. The van der Waals surface area contributed by atoms with Crippen molar-refractivity contribution in [3.05, 3.63) is 70.0 Å². The molecule has 0 unspecified atom stereocenters. The number of hydrogen-bond acceptors (Lipinski definition) is 1. The standard InChI is InChI=1S/C14H12ClFO/c1-9-3-2-4-10(7-9)14(17)11-5-6-13(16)12(15)8-11/h2-8,14,17H,1H3/t14-/m1/s1. The molecule has 88 valence electrons. The van der Waals surface area contributed by atoms with Crippen LogP contribution in [0, 0.1) is 12.7 Å². The third-order valence-electron chi connectivity index (χ3n) is 2.62. The van der Waals surface area contributed by atoms with Gasteiger partial charge in [-0.3, -0.25) is 0 Å². The highest BCUT2D eigenvalue weighted by Gasteiger charge is 2.12. The van der Waals surface area contributed by atoms with Gasteiger partial charge in [0.05, 0.1) is 5.02 Å². The molecule has 17 heavy (non-hydrogen) atoms. The summed E-state index contributed by atoms with van der Waals surface area (Å²) in [5.74, 6) is -0.480. The molecule has 0 heterocycles. The van der Waals surface area contributed by atoms with Gasteiger partial charge in [0.2, 0.25) is 0 Å². The van der Waals surface area contributed by atoms with Gasteiger partial charge in [-0.1, -0.05) is 47.5 Å². The van der Waals surface area contributed by atoms with Gasteiger partial charge in [-0.05, 0) is 30.2 Å². The fourth-order valence-electron chi connectivity index (χ4n) is 1.72. The van der Waals surface area contributed by atoms with Crippen molar-refractivity contribution in [1.82, 2.24) is 0 Å². The first kappa shape index (κ1) is 12.1. The molecule has 0 spiro atoms. The zero-order valence-electron chi connectivity index (χ0n) is 9.32. The van der Waals surface area contributed by atoms with Gasteiger partial charge in [-0.15, -0.1) is 0 Å². The summed E-state index contributed by atoms with van der Waals surface area (Å²) in [5.41, 5.74) is 2.42. The highest BCUT2D eigenvalue weighted by Crippen LogP contribution is 2.26. The number of hydrogen-bond donors (Lipinski definition) is 1. The minimum absolute atomic E-state index is 0.0224. The van der Waals surface area contributed by atoms with Crippen molar-refractivity contribution in [2.24, 2.45) is 0 Å². The van der Waals surface area contributed by atoms with Crippen LogP contribution in [0.1, 0.15) is 22.8 Å². The summed E-state index contributed by atoms with van der Waals surface area (Å²) in [6, 6.07) is 11.8. The highest BCUT2D eigenvalue weighted by molar-refractivity contribution is 6.30. The van der Waals surface area contributed by atoms with Crippen LogP contribution in [0.15, 0.2) is 42.5 Å². The van der Waals surface area contributed by atoms with E-state index in [1.807, 2.05) is 31.2 Å². The lowest BCUT2D eigenvalue weighted by Gasteiger charge is -2.12. The SMILES string of the molecule is Cc1cccc([C@@H](O)c2ccc(F)c(Cl)c2)c1. The number of rotatable bonds is 2. The van der Waals surface area contributed by atoms with Crippen molar-refractivity contribution in [2.75, 3.05) is 0 Å². The minimum Gasteiger partial charge on any atom is -0.384 e. The fraction of sp³-hybridized carbons (Fsp3) is 0.143. The van der Waals surface area contributed by atoms with Crippen LogP contribution in [0.3, 0.4) is 0 Å². The molecule has 0 saturated heterocycles. The van der Waals surface area contributed by atoms with Gasteiger partial charge in [0.1, 0.15) is 11.9 Å². The Morgan fingerprint density at radius 3 is 2.47 bits per heavy atom. The summed E-state index contributed by atoms with van der Waals surface area (Å²) >= 11 is 5.69. The van der Waals surface area contributed by atoms with Crippen molar-refractivity contribution in [2.45, 2.75) is 13.0 Å². The average Bonchev–Trinajstić information content (AvgIpc) is 2.32. The molecule has 0 bridgehead atoms. The maximum absolute atomic E-state index is 13.0. The lowest BCUT2D eigenvalue weighted by Crippen LogP contribution is -2.00. The van der Waals surface area contributed by atoms with Crippen molar-refractivity contribution < 1.29 is 9.50 Å². The summed E-state index contributed by atoms with van der Waals surface area (Å²) in [5, 5.41) is 10.2. The molecule has 2 rings (SSSR count). The molecule has 0 aliphatic heterocycles.